The molecule has 1 aliphatic rings. The van der Waals surface area contributed by atoms with Crippen LogP contribution in [0.4, 0.5) is 0 Å². The number of sulfonamides is 1. The minimum Gasteiger partial charge on any atom is -0.385 e. The highest BCUT2D eigenvalue weighted by Crippen LogP contribution is 2.35. The Labute approximate surface area is 104 Å². The summed E-state index contributed by atoms with van der Waals surface area (Å²) in [5.74, 6) is 0.138. The first-order valence-corrected chi connectivity index (χ1v) is 7.75. The predicted molar refractivity (Wildman–Crippen MR) is 68.3 cm³/mol. The van der Waals surface area contributed by atoms with E-state index in [-0.39, 0.29) is 11.3 Å². The Morgan fingerprint density at radius 1 is 1.35 bits per heavy atom. The van der Waals surface area contributed by atoms with Crippen LogP contribution >= 0.6 is 0 Å². The van der Waals surface area contributed by atoms with E-state index < -0.39 is 10.0 Å². The van der Waals surface area contributed by atoms with Gasteiger partial charge in [0.2, 0.25) is 10.0 Å². The lowest BCUT2D eigenvalue weighted by molar-refractivity contribution is 0.197. The summed E-state index contributed by atoms with van der Waals surface area (Å²) in [6, 6.07) is 0. The lowest BCUT2D eigenvalue weighted by Crippen LogP contribution is -2.53. The van der Waals surface area contributed by atoms with Gasteiger partial charge in [-0.15, -0.1) is 0 Å². The van der Waals surface area contributed by atoms with E-state index >= 15 is 0 Å². The van der Waals surface area contributed by atoms with E-state index in [0.717, 1.165) is 25.7 Å². The van der Waals surface area contributed by atoms with Crippen molar-refractivity contribution in [3.63, 3.8) is 0 Å². The molecule has 1 saturated carbocycles. The molecule has 0 aliphatic heterocycles. The largest absolute Gasteiger partial charge is 0.385 e. The van der Waals surface area contributed by atoms with Gasteiger partial charge in [0.25, 0.3) is 0 Å². The molecule has 6 heteroatoms. The minimum absolute atomic E-state index is 0.138. The Bertz CT molecular complexity index is 324. The number of rotatable bonds is 7. The van der Waals surface area contributed by atoms with Crippen molar-refractivity contribution in [2.45, 2.75) is 37.6 Å². The molecule has 0 bridgehead atoms. The molecule has 0 aromatic carbocycles. The fourth-order valence-corrected chi connectivity index (χ4v) is 4.10. The average molecular weight is 264 g/mol. The third-order valence-corrected chi connectivity index (χ3v) is 5.78. The number of hydrogen-bond donors (Lipinski definition) is 1. The summed E-state index contributed by atoms with van der Waals surface area (Å²) >= 11 is 0. The smallest absolute Gasteiger partial charge is 0.214 e. The Balaban J connectivity index is 2.69. The third-order valence-electron chi connectivity index (χ3n) is 3.75. The van der Waals surface area contributed by atoms with Gasteiger partial charge in [-0.1, -0.05) is 12.8 Å². The van der Waals surface area contributed by atoms with Gasteiger partial charge < -0.3 is 10.5 Å². The SMILES string of the molecule is COCCCS(=O)(=O)N(C)C1(CN)CCCC1. The quantitative estimate of drug-likeness (QED) is 0.682. The number of ether oxygens (including phenoxy) is 1. The first-order chi connectivity index (χ1) is 7.98. The number of methoxy groups -OCH3 is 1. The van der Waals surface area contributed by atoms with E-state index in [9.17, 15) is 8.42 Å². The Morgan fingerprint density at radius 2 is 1.94 bits per heavy atom. The van der Waals surface area contributed by atoms with E-state index in [4.69, 9.17) is 10.5 Å². The molecule has 0 aromatic rings. The van der Waals surface area contributed by atoms with Crippen molar-refractivity contribution in [3.8, 4) is 0 Å². The van der Waals surface area contributed by atoms with Crippen LogP contribution in [-0.2, 0) is 14.8 Å². The number of likely N-dealkylation sites (N-methyl/N-ethyl adjacent to an activating group) is 1. The summed E-state index contributed by atoms with van der Waals surface area (Å²) in [5.41, 5.74) is 5.45. The van der Waals surface area contributed by atoms with E-state index in [2.05, 4.69) is 0 Å². The van der Waals surface area contributed by atoms with Crippen molar-refractivity contribution in [2.75, 3.05) is 33.1 Å². The van der Waals surface area contributed by atoms with Crippen LogP contribution < -0.4 is 5.73 Å². The Hall–Kier alpha value is -0.170. The van der Waals surface area contributed by atoms with E-state index in [1.54, 1.807) is 14.2 Å². The molecule has 2 N–H and O–H groups in total. The van der Waals surface area contributed by atoms with Gasteiger partial charge in [-0.3, -0.25) is 0 Å². The first-order valence-electron chi connectivity index (χ1n) is 6.14. The zero-order chi connectivity index (χ0) is 12.9. The topological polar surface area (TPSA) is 72.6 Å². The maximum absolute atomic E-state index is 12.2. The lowest BCUT2D eigenvalue weighted by atomic mass is 9.98. The van der Waals surface area contributed by atoms with Gasteiger partial charge in [0.15, 0.2) is 0 Å². The second-order valence-corrected chi connectivity index (χ2v) is 6.89. The number of hydrogen-bond acceptors (Lipinski definition) is 4. The molecule has 5 nitrogen and oxygen atoms in total. The Kier molecular flexibility index (Phi) is 5.37. The van der Waals surface area contributed by atoms with Gasteiger partial charge in [0, 0.05) is 32.8 Å². The molecule has 1 fully saturated rings. The monoisotopic (exact) mass is 264 g/mol. The van der Waals surface area contributed by atoms with Crippen molar-refractivity contribution in [3.05, 3.63) is 0 Å². The maximum Gasteiger partial charge on any atom is 0.214 e. The highest BCUT2D eigenvalue weighted by atomic mass is 32.2. The molecule has 0 atom stereocenters. The van der Waals surface area contributed by atoms with E-state index in [1.165, 1.54) is 4.31 Å². The molecule has 0 unspecified atom stereocenters. The van der Waals surface area contributed by atoms with Crippen molar-refractivity contribution < 1.29 is 13.2 Å². The average Bonchev–Trinajstić information content (AvgIpc) is 2.78. The second-order valence-electron chi connectivity index (χ2n) is 4.77. The zero-order valence-electron chi connectivity index (χ0n) is 10.8. The van der Waals surface area contributed by atoms with Crippen molar-refractivity contribution in [1.82, 2.24) is 4.31 Å². The normalized spacial score (nSPS) is 20.0. The fraction of sp³-hybridized carbons (Fsp3) is 1.00. The van der Waals surface area contributed by atoms with Crippen molar-refractivity contribution in [2.24, 2.45) is 5.73 Å². The summed E-state index contributed by atoms with van der Waals surface area (Å²) in [4.78, 5) is 0. The van der Waals surface area contributed by atoms with Gasteiger partial charge in [-0.05, 0) is 19.3 Å². The van der Waals surface area contributed by atoms with Crippen molar-refractivity contribution >= 4 is 10.0 Å². The van der Waals surface area contributed by atoms with Crippen LogP contribution in [-0.4, -0.2) is 51.3 Å². The van der Waals surface area contributed by atoms with Crippen LogP contribution in [0.5, 0.6) is 0 Å². The molecule has 1 aliphatic carbocycles. The van der Waals surface area contributed by atoms with Crippen LogP contribution in [0.2, 0.25) is 0 Å². The summed E-state index contributed by atoms with van der Waals surface area (Å²) in [5, 5.41) is 0. The van der Waals surface area contributed by atoms with Gasteiger partial charge in [-0.2, -0.15) is 4.31 Å². The predicted octanol–water partition coefficient (Wildman–Crippen LogP) is 0.556. The third kappa shape index (κ3) is 3.40. The molecular weight excluding hydrogens is 240 g/mol. The summed E-state index contributed by atoms with van der Waals surface area (Å²) in [6.45, 7) is 0.885. The zero-order valence-corrected chi connectivity index (χ0v) is 11.6. The molecule has 102 valence electrons. The molecule has 0 aromatic heterocycles. The van der Waals surface area contributed by atoms with Crippen LogP contribution in [0, 0.1) is 0 Å². The van der Waals surface area contributed by atoms with Gasteiger partial charge >= 0.3 is 0 Å². The highest BCUT2D eigenvalue weighted by molar-refractivity contribution is 7.89. The molecule has 0 heterocycles. The van der Waals surface area contributed by atoms with Crippen LogP contribution in [0.25, 0.3) is 0 Å². The highest BCUT2D eigenvalue weighted by Gasteiger charge is 2.41. The van der Waals surface area contributed by atoms with E-state index in [1.807, 2.05) is 0 Å². The molecule has 0 radical (unpaired) electrons. The summed E-state index contributed by atoms with van der Waals surface area (Å²) in [7, 11) is 0.0319. The van der Waals surface area contributed by atoms with Crippen LogP contribution in [0.15, 0.2) is 0 Å². The van der Waals surface area contributed by atoms with Crippen molar-refractivity contribution in [1.29, 1.82) is 0 Å². The molecule has 0 saturated heterocycles. The van der Waals surface area contributed by atoms with Gasteiger partial charge in [-0.25, -0.2) is 8.42 Å². The second kappa shape index (κ2) is 6.13. The maximum atomic E-state index is 12.2. The van der Waals surface area contributed by atoms with E-state index in [0.29, 0.717) is 19.6 Å². The lowest BCUT2D eigenvalue weighted by Gasteiger charge is -2.36. The number of nitrogens with two attached hydrogens (primary N) is 1. The van der Waals surface area contributed by atoms with Gasteiger partial charge in [0.05, 0.1) is 5.75 Å². The summed E-state index contributed by atoms with van der Waals surface area (Å²) in [6.07, 6.45) is 4.42. The van der Waals surface area contributed by atoms with Gasteiger partial charge in [0.1, 0.15) is 0 Å². The summed E-state index contributed by atoms with van der Waals surface area (Å²) < 4.78 is 30.7. The molecule has 0 amide bonds. The van der Waals surface area contributed by atoms with Crippen LogP contribution in [0.3, 0.4) is 0 Å². The first kappa shape index (κ1) is 14.9. The standard InChI is InChI=1S/C11H24N2O3S/c1-13(11(10-12)6-3-4-7-11)17(14,15)9-5-8-16-2/h3-10,12H2,1-2H3. The Morgan fingerprint density at radius 3 is 2.41 bits per heavy atom. The molecule has 1 rings (SSSR count). The molecule has 17 heavy (non-hydrogen) atoms. The molecular formula is C11H24N2O3S. The molecule has 0 spiro atoms. The number of nitrogens with zero attached hydrogens (tertiary/aromatic N) is 1. The van der Waals surface area contributed by atoms with Crippen LogP contribution in [0.1, 0.15) is 32.1 Å². The minimum atomic E-state index is -3.21. The fourth-order valence-electron chi connectivity index (χ4n) is 2.50.